The minimum absolute atomic E-state index is 0.197. The normalized spacial score (nSPS) is 29.4. The molecule has 0 aromatic heterocycles. The Hall–Kier alpha value is -2.17. The van der Waals surface area contributed by atoms with Crippen molar-refractivity contribution >= 4 is 17.8 Å². The molecule has 18 heavy (non-hydrogen) atoms. The summed E-state index contributed by atoms with van der Waals surface area (Å²) in [5, 5.41) is 9.30. The van der Waals surface area contributed by atoms with E-state index in [1.807, 2.05) is 0 Å². The maximum Gasteiger partial charge on any atom is 0.330 e. The third kappa shape index (κ3) is 1.08. The molecule has 1 fully saturated rings. The minimum atomic E-state index is -1.34. The first-order chi connectivity index (χ1) is 8.50. The molecule has 1 N–H and O–H groups in total. The highest BCUT2D eigenvalue weighted by atomic mass is 16.4. The van der Waals surface area contributed by atoms with Crippen LogP contribution in [0.3, 0.4) is 0 Å². The van der Waals surface area contributed by atoms with Gasteiger partial charge in [0.05, 0.1) is 11.1 Å². The first-order valence-electron chi connectivity index (χ1n) is 5.71. The summed E-state index contributed by atoms with van der Waals surface area (Å²) >= 11 is 0. The van der Waals surface area contributed by atoms with Gasteiger partial charge in [0.1, 0.15) is 0 Å². The molecule has 2 atom stereocenters. The molecular formula is C13H11NO4. The summed E-state index contributed by atoms with van der Waals surface area (Å²) in [6, 6.07) is 6.44. The van der Waals surface area contributed by atoms with Crippen molar-refractivity contribution < 1.29 is 19.5 Å². The van der Waals surface area contributed by atoms with Crippen molar-refractivity contribution in [1.82, 2.24) is 4.90 Å². The zero-order chi connectivity index (χ0) is 13.1. The van der Waals surface area contributed by atoms with Gasteiger partial charge < -0.3 is 5.11 Å². The van der Waals surface area contributed by atoms with Crippen LogP contribution >= 0.6 is 0 Å². The van der Waals surface area contributed by atoms with Gasteiger partial charge in [-0.1, -0.05) is 19.1 Å². The molecule has 1 heterocycles. The predicted molar refractivity (Wildman–Crippen MR) is 61.1 cm³/mol. The van der Waals surface area contributed by atoms with Crippen LogP contribution in [0.4, 0.5) is 0 Å². The zero-order valence-corrected chi connectivity index (χ0v) is 9.71. The molecule has 2 amide bonds. The van der Waals surface area contributed by atoms with E-state index in [4.69, 9.17) is 0 Å². The van der Waals surface area contributed by atoms with Crippen LogP contribution in [0, 0.1) is 5.92 Å². The Morgan fingerprint density at radius 1 is 1.28 bits per heavy atom. The molecule has 0 radical (unpaired) electrons. The summed E-state index contributed by atoms with van der Waals surface area (Å²) in [4.78, 5) is 36.7. The SMILES string of the molecule is CC1CC1(C(=O)O)N1C(=O)c2ccccc2C1=O. The summed E-state index contributed by atoms with van der Waals surface area (Å²) in [6.45, 7) is 1.73. The molecular weight excluding hydrogens is 234 g/mol. The summed E-state index contributed by atoms with van der Waals surface area (Å²) in [6.07, 6.45) is 0.327. The quantitative estimate of drug-likeness (QED) is 0.793. The smallest absolute Gasteiger partial charge is 0.330 e. The maximum atomic E-state index is 12.2. The average molecular weight is 245 g/mol. The molecule has 1 aliphatic heterocycles. The van der Waals surface area contributed by atoms with Crippen LogP contribution in [-0.4, -0.2) is 33.3 Å². The van der Waals surface area contributed by atoms with E-state index in [0.717, 1.165) is 4.90 Å². The second kappa shape index (κ2) is 3.19. The van der Waals surface area contributed by atoms with Crippen molar-refractivity contribution in [2.45, 2.75) is 18.9 Å². The molecule has 3 rings (SSSR count). The second-order valence-electron chi connectivity index (χ2n) is 4.83. The number of amides is 2. The van der Waals surface area contributed by atoms with Crippen molar-refractivity contribution in [3.63, 3.8) is 0 Å². The van der Waals surface area contributed by atoms with Gasteiger partial charge in [0.2, 0.25) is 0 Å². The van der Waals surface area contributed by atoms with E-state index >= 15 is 0 Å². The van der Waals surface area contributed by atoms with E-state index in [-0.39, 0.29) is 5.92 Å². The Morgan fingerprint density at radius 2 is 1.72 bits per heavy atom. The number of carboxylic acid groups (broad SMARTS) is 1. The second-order valence-corrected chi connectivity index (χ2v) is 4.83. The van der Waals surface area contributed by atoms with Crippen molar-refractivity contribution in [3.05, 3.63) is 35.4 Å². The number of fused-ring (bicyclic) bond motifs is 1. The van der Waals surface area contributed by atoms with Crippen molar-refractivity contribution in [2.75, 3.05) is 0 Å². The van der Waals surface area contributed by atoms with Crippen LogP contribution in [0.1, 0.15) is 34.1 Å². The molecule has 2 unspecified atom stereocenters. The number of hydrogen-bond donors (Lipinski definition) is 1. The Kier molecular flexibility index (Phi) is 1.94. The van der Waals surface area contributed by atoms with Gasteiger partial charge in [0.15, 0.2) is 5.54 Å². The summed E-state index contributed by atoms with van der Waals surface area (Å²) in [5.74, 6) is -2.30. The third-order valence-corrected chi connectivity index (χ3v) is 3.84. The topological polar surface area (TPSA) is 74.7 Å². The number of carboxylic acids is 1. The lowest BCUT2D eigenvalue weighted by Crippen LogP contribution is -2.48. The fourth-order valence-corrected chi connectivity index (χ4v) is 2.66. The van der Waals surface area contributed by atoms with Crippen LogP contribution in [0.25, 0.3) is 0 Å². The average Bonchev–Trinajstić information content (AvgIpc) is 2.94. The summed E-state index contributed by atoms with van der Waals surface area (Å²) in [7, 11) is 0. The number of carbonyl (C=O) groups is 3. The van der Waals surface area contributed by atoms with Crippen molar-refractivity contribution in [2.24, 2.45) is 5.92 Å². The highest BCUT2D eigenvalue weighted by molar-refractivity contribution is 6.23. The van der Waals surface area contributed by atoms with E-state index in [1.165, 1.54) is 0 Å². The van der Waals surface area contributed by atoms with E-state index in [9.17, 15) is 19.5 Å². The molecule has 0 spiro atoms. The monoisotopic (exact) mass is 245 g/mol. The van der Waals surface area contributed by atoms with Gasteiger partial charge in [-0.2, -0.15) is 0 Å². The van der Waals surface area contributed by atoms with Crippen LogP contribution in [-0.2, 0) is 4.79 Å². The Morgan fingerprint density at radius 3 is 2.06 bits per heavy atom. The van der Waals surface area contributed by atoms with Gasteiger partial charge in [0.25, 0.3) is 11.8 Å². The lowest BCUT2D eigenvalue weighted by Gasteiger charge is -2.22. The lowest BCUT2D eigenvalue weighted by molar-refractivity contribution is -0.143. The van der Waals surface area contributed by atoms with Gasteiger partial charge >= 0.3 is 5.97 Å². The maximum absolute atomic E-state index is 12.2. The molecule has 0 bridgehead atoms. The van der Waals surface area contributed by atoms with E-state index in [1.54, 1.807) is 31.2 Å². The molecule has 5 heteroatoms. The fourth-order valence-electron chi connectivity index (χ4n) is 2.66. The molecule has 1 aliphatic carbocycles. The number of benzene rings is 1. The molecule has 1 aromatic rings. The molecule has 1 saturated carbocycles. The minimum Gasteiger partial charge on any atom is -0.479 e. The van der Waals surface area contributed by atoms with Gasteiger partial charge in [-0.15, -0.1) is 0 Å². The van der Waals surface area contributed by atoms with Crippen molar-refractivity contribution in [3.8, 4) is 0 Å². The third-order valence-electron chi connectivity index (χ3n) is 3.84. The van der Waals surface area contributed by atoms with Crippen LogP contribution in [0.5, 0.6) is 0 Å². The predicted octanol–water partition coefficient (Wildman–Crippen LogP) is 1.15. The largest absolute Gasteiger partial charge is 0.479 e. The van der Waals surface area contributed by atoms with E-state index in [2.05, 4.69) is 0 Å². The molecule has 0 saturated heterocycles. The van der Waals surface area contributed by atoms with E-state index < -0.39 is 23.3 Å². The van der Waals surface area contributed by atoms with Crippen LogP contribution in [0.2, 0.25) is 0 Å². The molecule has 92 valence electrons. The number of carbonyl (C=O) groups excluding carboxylic acids is 2. The Labute approximate surface area is 103 Å². The molecule has 5 nitrogen and oxygen atoms in total. The number of hydrogen-bond acceptors (Lipinski definition) is 3. The Balaban J connectivity index is 2.11. The zero-order valence-electron chi connectivity index (χ0n) is 9.71. The number of aliphatic carboxylic acids is 1. The van der Waals surface area contributed by atoms with Crippen molar-refractivity contribution in [1.29, 1.82) is 0 Å². The summed E-state index contributed by atoms with van der Waals surface area (Å²) in [5.41, 5.74) is -0.753. The van der Waals surface area contributed by atoms with Gasteiger partial charge in [-0.3, -0.25) is 14.5 Å². The number of imide groups is 1. The fraction of sp³-hybridized carbons (Fsp3) is 0.308. The first-order valence-corrected chi connectivity index (χ1v) is 5.71. The molecule has 2 aliphatic rings. The number of rotatable bonds is 2. The van der Waals surface area contributed by atoms with Crippen LogP contribution in [0.15, 0.2) is 24.3 Å². The molecule has 1 aromatic carbocycles. The van der Waals surface area contributed by atoms with Gasteiger partial charge in [-0.05, 0) is 24.5 Å². The highest BCUT2D eigenvalue weighted by Gasteiger charge is 2.67. The van der Waals surface area contributed by atoms with E-state index in [0.29, 0.717) is 17.5 Å². The number of nitrogens with zero attached hydrogens (tertiary/aromatic N) is 1. The Bertz CT molecular complexity index is 559. The highest BCUT2D eigenvalue weighted by Crippen LogP contribution is 2.51. The van der Waals surface area contributed by atoms with Gasteiger partial charge in [-0.25, -0.2) is 4.79 Å². The summed E-state index contributed by atoms with van der Waals surface area (Å²) < 4.78 is 0. The van der Waals surface area contributed by atoms with Crippen LogP contribution < -0.4 is 0 Å². The standard InChI is InChI=1S/C13H11NO4/c1-7-6-13(7,12(17)18)14-10(15)8-4-2-3-5-9(8)11(14)16/h2-5,7H,6H2,1H3,(H,17,18). The lowest BCUT2D eigenvalue weighted by atomic mass is 10.1. The van der Waals surface area contributed by atoms with Gasteiger partial charge in [0, 0.05) is 0 Å². The first kappa shape index (κ1) is 11.0.